The maximum absolute atomic E-state index is 11.3. The Morgan fingerprint density at radius 2 is 2.06 bits per heavy atom. The minimum atomic E-state index is -2.98. The van der Waals surface area contributed by atoms with Gasteiger partial charge in [-0.3, -0.25) is 0 Å². The van der Waals surface area contributed by atoms with Crippen LogP contribution in [0.3, 0.4) is 0 Å². The molecule has 1 aliphatic heterocycles. The summed E-state index contributed by atoms with van der Waals surface area (Å²) >= 11 is 0. The molecule has 4 heteroatoms. The van der Waals surface area contributed by atoms with Gasteiger partial charge in [-0.2, -0.15) is 0 Å². The van der Waals surface area contributed by atoms with E-state index >= 15 is 0 Å². The number of sulfone groups is 1. The van der Waals surface area contributed by atoms with Crippen LogP contribution in [0.15, 0.2) is 29.7 Å². The van der Waals surface area contributed by atoms with Crippen molar-refractivity contribution in [3.05, 3.63) is 40.8 Å². The predicted octanol–water partition coefficient (Wildman–Crippen LogP) is 2.03. The molecular weight excluding hydrogens is 222 g/mol. The zero-order chi connectivity index (χ0) is 11.8. The summed E-state index contributed by atoms with van der Waals surface area (Å²) in [7, 11) is -2.98. The van der Waals surface area contributed by atoms with Crippen LogP contribution in [0.2, 0.25) is 0 Å². The van der Waals surface area contributed by atoms with Crippen LogP contribution in [0, 0.1) is 13.8 Å². The Bertz CT molecular complexity index is 532. The second-order valence-corrected chi connectivity index (χ2v) is 6.09. The normalized spacial score (nSPS) is 22.2. The van der Waals surface area contributed by atoms with Gasteiger partial charge in [0.15, 0.2) is 9.84 Å². The van der Waals surface area contributed by atoms with Crippen molar-refractivity contribution in [1.29, 1.82) is 0 Å². The van der Waals surface area contributed by atoms with E-state index in [-0.39, 0.29) is 11.8 Å². The maximum Gasteiger partial charge on any atom is 0.173 e. The van der Waals surface area contributed by atoms with E-state index < -0.39 is 9.84 Å². The summed E-state index contributed by atoms with van der Waals surface area (Å²) in [5.41, 5.74) is 3.38. The quantitative estimate of drug-likeness (QED) is 0.856. The average Bonchev–Trinajstić information content (AvgIpc) is 2.53. The lowest BCUT2D eigenvalue weighted by molar-refractivity contribution is 0.605. The molecule has 0 aliphatic carbocycles. The van der Waals surface area contributed by atoms with Crippen molar-refractivity contribution >= 4 is 15.5 Å². The number of hydrogen-bond acceptors (Lipinski definition) is 3. The van der Waals surface area contributed by atoms with Gasteiger partial charge in [0.05, 0.1) is 11.8 Å². The van der Waals surface area contributed by atoms with E-state index in [2.05, 4.69) is 5.32 Å². The number of aryl methyl sites for hydroxylation is 1. The van der Waals surface area contributed by atoms with Crippen LogP contribution < -0.4 is 5.32 Å². The van der Waals surface area contributed by atoms with E-state index in [1.807, 2.05) is 32.0 Å². The zero-order valence-electron chi connectivity index (χ0n) is 9.40. The first-order valence-electron chi connectivity index (χ1n) is 5.22. The largest absolute Gasteiger partial charge is 0.378 e. The Hall–Kier alpha value is -1.29. The zero-order valence-corrected chi connectivity index (χ0v) is 10.2. The van der Waals surface area contributed by atoms with Gasteiger partial charge in [-0.25, -0.2) is 8.42 Å². The molecule has 0 radical (unpaired) electrons. The lowest BCUT2D eigenvalue weighted by Crippen LogP contribution is -2.21. The van der Waals surface area contributed by atoms with Crippen LogP contribution in [0.1, 0.15) is 11.1 Å². The number of benzene rings is 1. The molecule has 16 heavy (non-hydrogen) atoms. The molecule has 0 aromatic heterocycles. The number of nitrogens with one attached hydrogen (secondary N) is 1. The first-order chi connectivity index (χ1) is 7.48. The summed E-state index contributed by atoms with van der Waals surface area (Å²) in [5.74, 6) is 0.153. The minimum Gasteiger partial charge on any atom is -0.378 e. The van der Waals surface area contributed by atoms with Gasteiger partial charge < -0.3 is 5.32 Å². The van der Waals surface area contributed by atoms with Crippen molar-refractivity contribution in [2.24, 2.45) is 0 Å². The molecule has 0 spiro atoms. The molecule has 0 amide bonds. The third kappa shape index (κ3) is 2.27. The standard InChI is InChI=1S/C12H15NO2S/c1-9-4-3-5-12(10(9)2)13-11-6-7-16(14,15)8-11/h3-7,11,13H,8H2,1-2H3. The topological polar surface area (TPSA) is 46.2 Å². The van der Waals surface area contributed by atoms with Gasteiger partial charge in [-0.05, 0) is 31.0 Å². The Morgan fingerprint density at radius 3 is 2.69 bits per heavy atom. The molecule has 0 bridgehead atoms. The van der Waals surface area contributed by atoms with Crippen molar-refractivity contribution in [1.82, 2.24) is 0 Å². The van der Waals surface area contributed by atoms with Gasteiger partial charge >= 0.3 is 0 Å². The summed E-state index contributed by atoms with van der Waals surface area (Å²) in [6, 6.07) is 5.88. The van der Waals surface area contributed by atoms with Crippen LogP contribution in [-0.2, 0) is 9.84 Å². The summed E-state index contributed by atoms with van der Waals surface area (Å²) in [4.78, 5) is 0. The van der Waals surface area contributed by atoms with E-state index in [4.69, 9.17) is 0 Å². The van der Waals surface area contributed by atoms with Crippen LogP contribution >= 0.6 is 0 Å². The maximum atomic E-state index is 11.3. The summed E-state index contributed by atoms with van der Waals surface area (Å²) in [6.07, 6.45) is 1.71. The van der Waals surface area contributed by atoms with Gasteiger partial charge in [0.1, 0.15) is 0 Å². The Morgan fingerprint density at radius 1 is 1.31 bits per heavy atom. The van der Waals surface area contributed by atoms with Gasteiger partial charge in [-0.15, -0.1) is 0 Å². The summed E-state index contributed by atoms with van der Waals surface area (Å²) in [5, 5.41) is 4.53. The first kappa shape index (κ1) is 11.2. The third-order valence-corrected chi connectivity index (χ3v) is 4.27. The van der Waals surface area contributed by atoms with E-state index in [1.54, 1.807) is 6.08 Å². The van der Waals surface area contributed by atoms with E-state index in [0.717, 1.165) is 5.69 Å². The van der Waals surface area contributed by atoms with Crippen molar-refractivity contribution in [2.75, 3.05) is 11.1 Å². The first-order valence-corrected chi connectivity index (χ1v) is 6.93. The highest BCUT2D eigenvalue weighted by Gasteiger charge is 2.21. The molecule has 1 aliphatic rings. The highest BCUT2D eigenvalue weighted by Crippen LogP contribution is 2.21. The van der Waals surface area contributed by atoms with E-state index in [1.165, 1.54) is 16.5 Å². The minimum absolute atomic E-state index is 0.106. The molecule has 1 N–H and O–H groups in total. The molecule has 3 nitrogen and oxygen atoms in total. The van der Waals surface area contributed by atoms with Gasteiger partial charge in [0, 0.05) is 11.1 Å². The smallest absolute Gasteiger partial charge is 0.173 e. The molecule has 0 fully saturated rings. The van der Waals surface area contributed by atoms with Crippen molar-refractivity contribution in [3.8, 4) is 0 Å². The SMILES string of the molecule is Cc1cccc(NC2C=CS(=O)(=O)C2)c1C. The fraction of sp³-hybridized carbons (Fsp3) is 0.333. The van der Waals surface area contributed by atoms with Crippen LogP contribution in [0.5, 0.6) is 0 Å². The second kappa shape index (κ2) is 3.94. The van der Waals surface area contributed by atoms with Crippen molar-refractivity contribution < 1.29 is 8.42 Å². The number of rotatable bonds is 2. The highest BCUT2D eigenvalue weighted by atomic mass is 32.2. The monoisotopic (exact) mass is 237 g/mol. The third-order valence-electron chi connectivity index (χ3n) is 2.88. The Labute approximate surface area is 96.1 Å². The molecule has 1 aromatic rings. The fourth-order valence-corrected chi connectivity index (χ4v) is 3.01. The van der Waals surface area contributed by atoms with Crippen molar-refractivity contribution in [3.63, 3.8) is 0 Å². The fourth-order valence-electron chi connectivity index (χ4n) is 1.77. The van der Waals surface area contributed by atoms with E-state index in [9.17, 15) is 8.42 Å². The predicted molar refractivity (Wildman–Crippen MR) is 66.3 cm³/mol. The van der Waals surface area contributed by atoms with Crippen molar-refractivity contribution in [2.45, 2.75) is 19.9 Å². The average molecular weight is 237 g/mol. The highest BCUT2D eigenvalue weighted by molar-refractivity contribution is 7.94. The molecule has 1 unspecified atom stereocenters. The van der Waals surface area contributed by atoms with Gasteiger partial charge in [-0.1, -0.05) is 18.2 Å². The van der Waals surface area contributed by atoms with Crippen LogP contribution in [-0.4, -0.2) is 20.2 Å². The summed E-state index contributed by atoms with van der Waals surface area (Å²) in [6.45, 7) is 4.08. The Kier molecular flexibility index (Phi) is 2.76. The molecule has 1 heterocycles. The molecule has 86 valence electrons. The number of hydrogen-bond donors (Lipinski definition) is 1. The molecule has 0 saturated carbocycles. The molecule has 0 saturated heterocycles. The molecule has 2 rings (SSSR count). The van der Waals surface area contributed by atoms with E-state index in [0.29, 0.717) is 0 Å². The second-order valence-electron chi connectivity index (χ2n) is 4.16. The Balaban J connectivity index is 2.17. The van der Waals surface area contributed by atoms with Crippen LogP contribution in [0.25, 0.3) is 0 Å². The van der Waals surface area contributed by atoms with Gasteiger partial charge in [0.2, 0.25) is 0 Å². The number of anilines is 1. The molecule has 1 atom stereocenters. The molecular formula is C12H15NO2S. The molecule has 1 aromatic carbocycles. The lowest BCUT2D eigenvalue weighted by Gasteiger charge is -2.15. The lowest BCUT2D eigenvalue weighted by atomic mass is 10.1. The van der Waals surface area contributed by atoms with Gasteiger partial charge in [0.25, 0.3) is 0 Å². The summed E-state index contributed by atoms with van der Waals surface area (Å²) < 4.78 is 22.5. The van der Waals surface area contributed by atoms with Crippen LogP contribution in [0.4, 0.5) is 5.69 Å².